The van der Waals surface area contributed by atoms with Crippen LogP contribution in [0.25, 0.3) is 11.1 Å². The van der Waals surface area contributed by atoms with E-state index < -0.39 is 0 Å². The highest BCUT2D eigenvalue weighted by atomic mass is 35.5. The molecule has 0 fully saturated rings. The lowest BCUT2D eigenvalue weighted by atomic mass is 10.1. The Morgan fingerprint density at radius 2 is 1.76 bits per heavy atom. The number of hydrogen-bond acceptors (Lipinski definition) is 2. The zero-order chi connectivity index (χ0) is 12.4. The Hall–Kier alpha value is -1.29. The van der Waals surface area contributed by atoms with Crippen LogP contribution in [0.4, 0.5) is 0 Å². The van der Waals surface area contributed by atoms with Gasteiger partial charge in [0.05, 0.1) is 6.61 Å². The van der Waals surface area contributed by atoms with Crippen LogP contribution in [0.2, 0.25) is 10.0 Å². The van der Waals surface area contributed by atoms with Crippen molar-refractivity contribution in [1.29, 1.82) is 0 Å². The summed E-state index contributed by atoms with van der Waals surface area (Å²) in [6, 6.07) is 8.20. The fraction of sp³-hybridized carbons (Fsp3) is 0.0833. The molecule has 0 saturated heterocycles. The molecule has 2 aromatic rings. The molecule has 0 atom stereocenters. The Morgan fingerprint density at radius 1 is 1.12 bits per heavy atom. The molecule has 5 heteroatoms. The zero-order valence-electron chi connectivity index (χ0n) is 8.71. The summed E-state index contributed by atoms with van der Waals surface area (Å²) in [4.78, 5) is 14.3. The van der Waals surface area contributed by atoms with E-state index in [0.29, 0.717) is 26.9 Å². The van der Waals surface area contributed by atoms with Crippen molar-refractivity contribution in [3.05, 3.63) is 56.4 Å². The number of aromatic amines is 1. The van der Waals surface area contributed by atoms with Gasteiger partial charge in [0.25, 0.3) is 5.56 Å². The Balaban J connectivity index is 2.57. The van der Waals surface area contributed by atoms with Crippen LogP contribution in [-0.2, 0) is 6.61 Å². The summed E-state index contributed by atoms with van der Waals surface area (Å²) in [6.07, 6.45) is 0. The molecule has 0 radical (unpaired) electrons. The highest BCUT2D eigenvalue weighted by molar-refractivity contribution is 6.35. The monoisotopic (exact) mass is 269 g/mol. The number of benzene rings is 1. The number of aromatic nitrogens is 1. The largest absolute Gasteiger partial charge is 0.390 e. The van der Waals surface area contributed by atoms with Crippen LogP contribution in [0.3, 0.4) is 0 Å². The summed E-state index contributed by atoms with van der Waals surface area (Å²) < 4.78 is 0. The third kappa shape index (κ3) is 2.69. The van der Waals surface area contributed by atoms with E-state index in [-0.39, 0.29) is 12.2 Å². The molecule has 1 aromatic heterocycles. The molecule has 3 nitrogen and oxygen atoms in total. The van der Waals surface area contributed by atoms with Gasteiger partial charge in [-0.05, 0) is 35.9 Å². The summed E-state index contributed by atoms with van der Waals surface area (Å²) >= 11 is 11.7. The van der Waals surface area contributed by atoms with Gasteiger partial charge in [-0.1, -0.05) is 23.2 Å². The standard InChI is InChI=1S/C12H9Cl2NO2/c13-8-3-7(4-9(14)5-8)11-2-1-10(6-16)15-12(11)17/h1-5,16H,6H2,(H,15,17). The van der Waals surface area contributed by atoms with Crippen LogP contribution in [0.1, 0.15) is 5.69 Å². The van der Waals surface area contributed by atoms with E-state index in [1.165, 1.54) is 0 Å². The van der Waals surface area contributed by atoms with E-state index in [1.807, 2.05) is 0 Å². The van der Waals surface area contributed by atoms with Crippen molar-refractivity contribution in [1.82, 2.24) is 4.98 Å². The van der Waals surface area contributed by atoms with Crippen molar-refractivity contribution in [2.24, 2.45) is 0 Å². The second-order valence-electron chi connectivity index (χ2n) is 3.54. The maximum absolute atomic E-state index is 11.8. The van der Waals surface area contributed by atoms with E-state index in [2.05, 4.69) is 4.98 Å². The molecule has 0 aliphatic rings. The Bertz CT molecular complexity index is 587. The first-order valence-corrected chi connectivity index (χ1v) is 5.65. The number of aliphatic hydroxyl groups excluding tert-OH is 1. The van der Waals surface area contributed by atoms with Gasteiger partial charge in [-0.25, -0.2) is 0 Å². The normalized spacial score (nSPS) is 10.5. The first-order chi connectivity index (χ1) is 8.10. The summed E-state index contributed by atoms with van der Waals surface area (Å²) in [7, 11) is 0. The molecule has 17 heavy (non-hydrogen) atoms. The molecular weight excluding hydrogens is 261 g/mol. The molecule has 0 bridgehead atoms. The first kappa shape index (κ1) is 12.2. The highest BCUT2D eigenvalue weighted by Gasteiger charge is 2.06. The molecule has 88 valence electrons. The van der Waals surface area contributed by atoms with Gasteiger partial charge in [-0.2, -0.15) is 0 Å². The molecule has 1 heterocycles. The Kier molecular flexibility index (Phi) is 3.52. The smallest absolute Gasteiger partial charge is 0.256 e. The van der Waals surface area contributed by atoms with Gasteiger partial charge >= 0.3 is 0 Å². The lowest BCUT2D eigenvalue weighted by Gasteiger charge is -2.04. The minimum absolute atomic E-state index is 0.203. The third-order valence-corrected chi connectivity index (χ3v) is 2.75. The number of rotatable bonds is 2. The molecular formula is C12H9Cl2NO2. The number of pyridine rings is 1. The van der Waals surface area contributed by atoms with Gasteiger partial charge in [-0.3, -0.25) is 4.79 Å². The topological polar surface area (TPSA) is 53.1 Å². The maximum atomic E-state index is 11.8. The second-order valence-corrected chi connectivity index (χ2v) is 4.42. The Morgan fingerprint density at radius 3 is 2.29 bits per heavy atom. The molecule has 2 rings (SSSR count). The summed E-state index contributed by atoms with van der Waals surface area (Å²) in [5.41, 5.74) is 1.29. The van der Waals surface area contributed by atoms with Crippen molar-refractivity contribution in [2.75, 3.05) is 0 Å². The predicted molar refractivity (Wildman–Crippen MR) is 68.4 cm³/mol. The van der Waals surface area contributed by atoms with E-state index in [4.69, 9.17) is 28.3 Å². The second kappa shape index (κ2) is 4.92. The van der Waals surface area contributed by atoms with E-state index in [9.17, 15) is 4.79 Å². The average Bonchev–Trinajstić information content (AvgIpc) is 2.27. The minimum Gasteiger partial charge on any atom is -0.390 e. The van der Waals surface area contributed by atoms with Gasteiger partial charge < -0.3 is 10.1 Å². The van der Waals surface area contributed by atoms with Crippen LogP contribution >= 0.6 is 23.2 Å². The van der Waals surface area contributed by atoms with E-state index in [0.717, 1.165) is 0 Å². The average molecular weight is 270 g/mol. The van der Waals surface area contributed by atoms with Crippen LogP contribution < -0.4 is 5.56 Å². The molecule has 0 aliphatic heterocycles. The van der Waals surface area contributed by atoms with Crippen LogP contribution in [-0.4, -0.2) is 10.1 Å². The molecule has 2 N–H and O–H groups in total. The van der Waals surface area contributed by atoms with Crippen LogP contribution in [0.5, 0.6) is 0 Å². The van der Waals surface area contributed by atoms with Crippen molar-refractivity contribution in [3.63, 3.8) is 0 Å². The Labute approximate surface area is 108 Å². The lowest BCUT2D eigenvalue weighted by molar-refractivity contribution is 0.276. The minimum atomic E-state index is -0.283. The molecule has 0 unspecified atom stereocenters. The highest BCUT2D eigenvalue weighted by Crippen LogP contribution is 2.25. The zero-order valence-corrected chi connectivity index (χ0v) is 10.2. The fourth-order valence-corrected chi connectivity index (χ4v) is 2.07. The number of aliphatic hydroxyl groups is 1. The van der Waals surface area contributed by atoms with E-state index >= 15 is 0 Å². The van der Waals surface area contributed by atoms with Gasteiger partial charge in [0.15, 0.2) is 0 Å². The summed E-state index contributed by atoms with van der Waals surface area (Å²) in [6.45, 7) is -0.203. The fourth-order valence-electron chi connectivity index (χ4n) is 1.54. The summed E-state index contributed by atoms with van der Waals surface area (Å²) in [5, 5.41) is 9.84. The maximum Gasteiger partial charge on any atom is 0.256 e. The SMILES string of the molecule is O=c1[nH]c(CO)ccc1-c1cc(Cl)cc(Cl)c1. The number of halogens is 2. The van der Waals surface area contributed by atoms with Crippen molar-refractivity contribution in [2.45, 2.75) is 6.61 Å². The van der Waals surface area contributed by atoms with Crippen molar-refractivity contribution >= 4 is 23.2 Å². The van der Waals surface area contributed by atoms with Crippen molar-refractivity contribution < 1.29 is 5.11 Å². The predicted octanol–water partition coefficient (Wildman–Crippen LogP) is 2.84. The molecule has 0 spiro atoms. The summed E-state index contributed by atoms with van der Waals surface area (Å²) in [5.74, 6) is 0. The first-order valence-electron chi connectivity index (χ1n) is 4.89. The van der Waals surface area contributed by atoms with Crippen LogP contribution in [0.15, 0.2) is 35.1 Å². The molecule has 0 aliphatic carbocycles. The van der Waals surface area contributed by atoms with E-state index in [1.54, 1.807) is 30.3 Å². The van der Waals surface area contributed by atoms with Gasteiger partial charge in [0.2, 0.25) is 0 Å². The number of hydrogen-bond donors (Lipinski definition) is 2. The number of H-pyrrole nitrogens is 1. The van der Waals surface area contributed by atoms with Crippen molar-refractivity contribution in [3.8, 4) is 11.1 Å². The third-order valence-electron chi connectivity index (χ3n) is 2.31. The molecule has 0 saturated carbocycles. The van der Waals surface area contributed by atoms with Gasteiger partial charge in [-0.15, -0.1) is 0 Å². The van der Waals surface area contributed by atoms with Crippen LogP contribution in [0, 0.1) is 0 Å². The molecule has 0 amide bonds. The lowest BCUT2D eigenvalue weighted by Crippen LogP contribution is -2.11. The van der Waals surface area contributed by atoms with Gasteiger partial charge in [0, 0.05) is 21.3 Å². The van der Waals surface area contributed by atoms with Gasteiger partial charge in [0.1, 0.15) is 0 Å². The quantitative estimate of drug-likeness (QED) is 0.881. The number of nitrogens with one attached hydrogen (secondary N) is 1. The molecule has 1 aromatic carbocycles.